The Morgan fingerprint density at radius 1 is 1.12 bits per heavy atom. The van der Waals surface area contributed by atoms with E-state index in [1.165, 1.54) is 37.1 Å². The van der Waals surface area contributed by atoms with E-state index >= 15 is 0 Å². The van der Waals surface area contributed by atoms with E-state index in [0.717, 1.165) is 42.4 Å². The summed E-state index contributed by atoms with van der Waals surface area (Å²) >= 11 is 0. The molecule has 3 fully saturated rings. The lowest BCUT2D eigenvalue weighted by Crippen LogP contribution is -2.48. The molecule has 3 atom stereocenters. The maximum Gasteiger partial charge on any atom is 0.312 e. The first kappa shape index (κ1) is 34.7. The summed E-state index contributed by atoms with van der Waals surface area (Å²) in [4.78, 5) is 50.6. The number of hydrogen-bond acceptors (Lipinski definition) is 11. The molecule has 1 aromatic carbocycles. The number of aryl methyl sites for hydroxylation is 2. The average Bonchev–Trinajstić information content (AvgIpc) is 3.55. The number of carbonyl (C=O) groups excluding carboxylic acids is 3. The lowest BCUT2D eigenvalue weighted by atomic mass is 9.56. The van der Waals surface area contributed by atoms with Gasteiger partial charge in [-0.15, -0.1) is 0 Å². The monoisotopic (exact) mass is 679 g/mol. The number of nitrogen functional groups attached to an aromatic ring is 1. The Morgan fingerprint density at radius 3 is 2.53 bits per heavy atom. The number of nitrogens with zero attached hydrogens (tertiary/aromatic N) is 4. The lowest BCUT2D eigenvalue weighted by molar-refractivity contribution is -0.182. The zero-order valence-corrected chi connectivity index (χ0v) is 29.1. The first-order chi connectivity index (χ1) is 23.1. The van der Waals surface area contributed by atoms with Crippen molar-refractivity contribution in [1.82, 2.24) is 19.5 Å². The molecule has 2 saturated carbocycles. The molecule has 0 unspecified atom stereocenters. The Balaban J connectivity index is 1.20. The van der Waals surface area contributed by atoms with Crippen molar-refractivity contribution in [3.05, 3.63) is 41.2 Å². The molecule has 1 saturated heterocycles. The smallest absolute Gasteiger partial charge is 0.312 e. The number of esters is 3. The molecular weight excluding hydrogens is 633 g/mol. The van der Waals surface area contributed by atoms with Crippen LogP contribution in [0.5, 0.6) is 5.75 Å². The van der Waals surface area contributed by atoms with Crippen LogP contribution < -0.4 is 10.5 Å². The van der Waals surface area contributed by atoms with Gasteiger partial charge in [-0.05, 0) is 69.1 Å². The highest BCUT2D eigenvalue weighted by Crippen LogP contribution is 2.55. The Kier molecular flexibility index (Phi) is 9.18. The third-order valence-corrected chi connectivity index (χ3v) is 10.6. The summed E-state index contributed by atoms with van der Waals surface area (Å²) in [7, 11) is 0. The summed E-state index contributed by atoms with van der Waals surface area (Å²) in [5.74, 6) is -1.14. The number of ether oxygens (including phenoxy) is 4. The molecule has 13 heteroatoms. The molecule has 3 aliphatic rings. The lowest BCUT2D eigenvalue weighted by Gasteiger charge is -2.49. The summed E-state index contributed by atoms with van der Waals surface area (Å²) in [6, 6.07) is 3.76. The number of benzene rings is 1. The van der Waals surface area contributed by atoms with Crippen LogP contribution in [0, 0.1) is 31.3 Å². The highest BCUT2D eigenvalue weighted by molar-refractivity contribution is 5.81. The first-order valence-corrected chi connectivity index (χ1v) is 17.1. The highest BCUT2D eigenvalue weighted by atomic mass is 19.1. The highest BCUT2D eigenvalue weighted by Gasteiger charge is 2.53. The Morgan fingerprint density at radius 2 is 1.84 bits per heavy atom. The summed E-state index contributed by atoms with van der Waals surface area (Å²) in [6.07, 6.45) is 6.60. The van der Waals surface area contributed by atoms with Crippen LogP contribution in [0.15, 0.2) is 18.5 Å². The number of fused-ring (bicyclic) bond motifs is 1. The molecule has 1 spiro atoms. The second-order valence-electron chi connectivity index (χ2n) is 15.2. The van der Waals surface area contributed by atoms with Crippen LogP contribution in [0.2, 0.25) is 0 Å². The summed E-state index contributed by atoms with van der Waals surface area (Å²) in [6.45, 7) is 10.5. The minimum Gasteiger partial charge on any atom is -0.462 e. The van der Waals surface area contributed by atoms with Gasteiger partial charge in [-0.1, -0.05) is 39.2 Å². The Labute approximate surface area is 285 Å². The summed E-state index contributed by atoms with van der Waals surface area (Å²) in [5.41, 5.74) is 7.03. The molecule has 2 aromatic heterocycles. The topological polar surface area (TPSA) is 158 Å². The minimum atomic E-state index is -1.25. The van der Waals surface area contributed by atoms with Gasteiger partial charge in [0.1, 0.15) is 30.3 Å². The molecule has 264 valence electrons. The van der Waals surface area contributed by atoms with Gasteiger partial charge in [-0.2, -0.15) is 14.4 Å². The van der Waals surface area contributed by atoms with Crippen molar-refractivity contribution in [3.63, 3.8) is 0 Å². The van der Waals surface area contributed by atoms with E-state index in [-0.39, 0.29) is 53.7 Å². The van der Waals surface area contributed by atoms with E-state index in [2.05, 4.69) is 15.0 Å². The summed E-state index contributed by atoms with van der Waals surface area (Å²) in [5, 5.41) is 0. The molecule has 6 rings (SSSR count). The zero-order valence-electron chi connectivity index (χ0n) is 29.1. The molecule has 2 aliphatic carbocycles. The Hall–Kier alpha value is -4.13. The second kappa shape index (κ2) is 13.0. The predicted octanol–water partition coefficient (Wildman–Crippen LogP) is 5.95. The van der Waals surface area contributed by atoms with Crippen molar-refractivity contribution in [2.24, 2.45) is 11.3 Å². The minimum absolute atomic E-state index is 0.0269. The molecule has 12 nitrogen and oxygen atoms in total. The Bertz CT molecular complexity index is 1780. The van der Waals surface area contributed by atoms with Gasteiger partial charge in [-0.3, -0.25) is 19.0 Å². The number of nitrogens with two attached hydrogens (primary N) is 1. The van der Waals surface area contributed by atoms with E-state index in [1.54, 1.807) is 13.0 Å². The quantitative estimate of drug-likeness (QED) is 0.162. The van der Waals surface area contributed by atoms with Crippen molar-refractivity contribution < 1.29 is 37.7 Å². The molecule has 2 N–H and O–H groups in total. The van der Waals surface area contributed by atoms with Crippen molar-refractivity contribution >= 4 is 34.9 Å². The van der Waals surface area contributed by atoms with E-state index < -0.39 is 41.4 Å². The van der Waals surface area contributed by atoms with E-state index in [4.69, 9.17) is 24.7 Å². The zero-order chi connectivity index (χ0) is 35.3. The van der Waals surface area contributed by atoms with Crippen LogP contribution in [-0.2, 0) is 34.0 Å². The fraction of sp³-hybridized carbons (Fsp3) is 0.611. The van der Waals surface area contributed by atoms with Gasteiger partial charge in [-0.25, -0.2) is 4.98 Å². The first-order valence-electron chi connectivity index (χ1n) is 17.1. The van der Waals surface area contributed by atoms with Gasteiger partial charge in [0.15, 0.2) is 17.0 Å². The number of anilines is 1. The molecular formula is C36H46FN5O7. The maximum absolute atomic E-state index is 14.2. The third-order valence-electron chi connectivity index (χ3n) is 10.6. The van der Waals surface area contributed by atoms with E-state index in [0.29, 0.717) is 5.75 Å². The molecule has 0 amide bonds. The van der Waals surface area contributed by atoms with Crippen molar-refractivity contribution in [2.75, 3.05) is 12.3 Å². The number of halogens is 1. The fourth-order valence-electron chi connectivity index (χ4n) is 8.31. The number of rotatable bonds is 9. The average molecular weight is 680 g/mol. The van der Waals surface area contributed by atoms with Crippen molar-refractivity contribution in [1.29, 1.82) is 0 Å². The van der Waals surface area contributed by atoms with Gasteiger partial charge < -0.3 is 24.7 Å². The van der Waals surface area contributed by atoms with Gasteiger partial charge in [0, 0.05) is 24.3 Å². The van der Waals surface area contributed by atoms with E-state index in [9.17, 15) is 18.8 Å². The third kappa shape index (κ3) is 6.99. The van der Waals surface area contributed by atoms with Crippen molar-refractivity contribution in [3.8, 4) is 5.75 Å². The summed E-state index contributed by atoms with van der Waals surface area (Å²) < 4.78 is 39.8. The number of carbonyl (C=O) groups is 3. The number of hydrogen-bond donors (Lipinski definition) is 1. The molecule has 49 heavy (non-hydrogen) atoms. The van der Waals surface area contributed by atoms with Gasteiger partial charge in [0.05, 0.1) is 18.7 Å². The maximum atomic E-state index is 14.2. The predicted molar refractivity (Wildman–Crippen MR) is 177 cm³/mol. The molecule has 1 aliphatic heterocycles. The molecule has 0 bridgehead atoms. The molecule has 3 aromatic rings. The SMILES string of the molecule is CC(=O)Oc1cc(C)cc(C)c1C(C)(C)CC(=O)OC[C@@]1(C)O[C@@H](n2cnc3c(N)nc(F)nc32)C[C@@H]1OC(=O)C1CC2(CCCCC2)C1. The van der Waals surface area contributed by atoms with Crippen LogP contribution in [0.25, 0.3) is 11.2 Å². The van der Waals surface area contributed by atoms with Crippen LogP contribution in [0.3, 0.4) is 0 Å². The normalized spacial score (nSPS) is 23.7. The van der Waals surface area contributed by atoms with Gasteiger partial charge in [0.25, 0.3) is 0 Å². The molecule has 3 heterocycles. The standard InChI is InChI=1S/C36H46FN5O7/c1-20-12-21(2)28(24(13-20)47-22(3)43)34(4,5)17-27(44)46-18-35(6)25(48-32(45)23-15-36(16-23)10-8-7-9-11-36)14-26(49-35)42-19-39-29-30(38)40-33(37)41-31(29)42/h12-13,19,23,25-26H,7-11,14-18H2,1-6H3,(H2,38,40,41)/t25-,26+,35+/m0/s1. The van der Waals surface area contributed by atoms with Crippen LogP contribution in [0.4, 0.5) is 10.2 Å². The second-order valence-corrected chi connectivity index (χ2v) is 15.2. The molecule has 0 radical (unpaired) electrons. The fourth-order valence-corrected chi connectivity index (χ4v) is 8.31. The largest absolute Gasteiger partial charge is 0.462 e. The van der Waals surface area contributed by atoms with Crippen LogP contribution in [-0.4, -0.2) is 55.7 Å². The van der Waals surface area contributed by atoms with E-state index in [1.807, 2.05) is 33.8 Å². The van der Waals surface area contributed by atoms with Crippen LogP contribution in [0.1, 0.15) is 108 Å². The van der Waals surface area contributed by atoms with Crippen LogP contribution >= 0.6 is 0 Å². The van der Waals surface area contributed by atoms with Gasteiger partial charge >= 0.3 is 24.0 Å². The number of imidazole rings is 1. The van der Waals surface area contributed by atoms with Crippen molar-refractivity contribution in [2.45, 2.75) is 123 Å². The number of aromatic nitrogens is 4. The van der Waals surface area contributed by atoms with Gasteiger partial charge in [0.2, 0.25) is 0 Å².